The van der Waals surface area contributed by atoms with Crippen molar-refractivity contribution in [3.8, 4) is 0 Å². The molecular formula is C10H12ClN5S. The molecule has 17 heavy (non-hydrogen) atoms. The Kier molecular flexibility index (Phi) is 3.88. The second-order valence-corrected chi connectivity index (χ2v) is 4.20. The molecule has 1 aliphatic heterocycles. The Labute approximate surface area is 109 Å². The second-order valence-electron chi connectivity index (χ2n) is 3.40. The van der Waals surface area contributed by atoms with Crippen LogP contribution in [0.2, 0.25) is 0 Å². The highest BCUT2D eigenvalue weighted by Crippen LogP contribution is 2.23. The van der Waals surface area contributed by atoms with Crippen LogP contribution >= 0.6 is 23.7 Å². The lowest BCUT2D eigenvalue weighted by Crippen LogP contribution is -2.35. The van der Waals surface area contributed by atoms with Gasteiger partial charge in [0.25, 0.3) is 0 Å². The van der Waals surface area contributed by atoms with E-state index in [9.17, 15) is 0 Å². The van der Waals surface area contributed by atoms with Crippen molar-refractivity contribution in [3.63, 3.8) is 0 Å². The van der Waals surface area contributed by atoms with E-state index in [1.54, 1.807) is 12.2 Å². The molecule has 2 rings (SSSR count). The highest BCUT2D eigenvalue weighted by Gasteiger charge is 2.18. The predicted octanol–water partition coefficient (Wildman–Crippen LogP) is 1.07. The second kappa shape index (κ2) is 5.39. The number of allylic oxidation sites excluding steroid dienone is 4. The van der Waals surface area contributed by atoms with Gasteiger partial charge in [-0.25, -0.2) is 0 Å². The predicted molar refractivity (Wildman–Crippen MR) is 73.8 cm³/mol. The van der Waals surface area contributed by atoms with Gasteiger partial charge in [0.05, 0.1) is 35.1 Å². The quantitative estimate of drug-likeness (QED) is 0.656. The summed E-state index contributed by atoms with van der Waals surface area (Å²) in [6, 6.07) is 0. The third-order valence-corrected chi connectivity index (χ3v) is 2.92. The first-order valence-corrected chi connectivity index (χ1v) is 6.20. The van der Waals surface area contributed by atoms with Gasteiger partial charge < -0.3 is 10.6 Å². The Bertz CT molecular complexity index is 463. The van der Waals surface area contributed by atoms with Crippen LogP contribution in [-0.4, -0.2) is 24.8 Å². The Morgan fingerprint density at radius 2 is 2.41 bits per heavy atom. The van der Waals surface area contributed by atoms with Gasteiger partial charge in [-0.2, -0.15) is 4.40 Å². The summed E-state index contributed by atoms with van der Waals surface area (Å²) in [5.41, 5.74) is 2.10. The van der Waals surface area contributed by atoms with E-state index in [1.807, 2.05) is 0 Å². The van der Waals surface area contributed by atoms with Crippen LogP contribution in [0.25, 0.3) is 0 Å². The standard InChI is InChI=1S/C10H12ClN5S/c1-6-8(16-17-12)3-2-7(11)9(6)15-10-13-4-5-14-10/h2-3H,1,4-5,12H2,(H2,13,14,15)/b16-8-. The van der Waals surface area contributed by atoms with Gasteiger partial charge in [0, 0.05) is 12.1 Å². The van der Waals surface area contributed by atoms with Gasteiger partial charge in [-0.1, -0.05) is 18.2 Å². The highest BCUT2D eigenvalue weighted by atomic mass is 35.5. The average molecular weight is 270 g/mol. The molecule has 0 bridgehead atoms. The Balaban J connectivity index is 2.21. The normalized spacial score (nSPS) is 21.9. The lowest BCUT2D eigenvalue weighted by atomic mass is 10.0. The van der Waals surface area contributed by atoms with E-state index in [1.165, 1.54) is 0 Å². The van der Waals surface area contributed by atoms with Crippen LogP contribution in [-0.2, 0) is 0 Å². The number of rotatable bonds is 2. The van der Waals surface area contributed by atoms with Crippen LogP contribution in [0.4, 0.5) is 0 Å². The Morgan fingerprint density at radius 1 is 1.59 bits per heavy atom. The van der Waals surface area contributed by atoms with Crippen LogP contribution in [0.1, 0.15) is 0 Å². The summed E-state index contributed by atoms with van der Waals surface area (Å²) in [7, 11) is 0. The van der Waals surface area contributed by atoms with E-state index in [0.717, 1.165) is 25.2 Å². The molecule has 1 heterocycles. The third-order valence-electron chi connectivity index (χ3n) is 2.31. The van der Waals surface area contributed by atoms with E-state index >= 15 is 0 Å². The first-order chi connectivity index (χ1) is 8.22. The van der Waals surface area contributed by atoms with E-state index in [-0.39, 0.29) is 0 Å². The topological polar surface area (TPSA) is 74.8 Å². The fraction of sp³-hybridized carbons (Fsp3) is 0.200. The van der Waals surface area contributed by atoms with Gasteiger partial charge in [0.15, 0.2) is 5.96 Å². The lowest BCUT2D eigenvalue weighted by Gasteiger charge is -2.18. The molecule has 90 valence electrons. The molecule has 2 aliphatic rings. The molecule has 5 nitrogen and oxygen atoms in total. The maximum absolute atomic E-state index is 6.12. The average Bonchev–Trinajstić information content (AvgIpc) is 2.81. The van der Waals surface area contributed by atoms with Gasteiger partial charge in [0.2, 0.25) is 0 Å². The zero-order valence-corrected chi connectivity index (χ0v) is 10.6. The number of hydrogen-bond acceptors (Lipinski definition) is 6. The third kappa shape index (κ3) is 2.71. The molecule has 0 saturated heterocycles. The van der Waals surface area contributed by atoms with Gasteiger partial charge >= 0.3 is 0 Å². The van der Waals surface area contributed by atoms with Crippen LogP contribution in [0.15, 0.2) is 44.4 Å². The monoisotopic (exact) mass is 269 g/mol. The summed E-state index contributed by atoms with van der Waals surface area (Å²) in [6.07, 6.45) is 3.53. The van der Waals surface area contributed by atoms with Crippen LogP contribution < -0.4 is 15.8 Å². The van der Waals surface area contributed by atoms with Crippen molar-refractivity contribution < 1.29 is 0 Å². The Hall–Kier alpha value is -1.24. The molecule has 0 saturated carbocycles. The molecule has 4 N–H and O–H groups in total. The van der Waals surface area contributed by atoms with Gasteiger partial charge in [0.1, 0.15) is 0 Å². The minimum atomic E-state index is 0.576. The van der Waals surface area contributed by atoms with Crippen molar-refractivity contribution >= 4 is 35.4 Å². The number of nitrogens with one attached hydrogen (secondary N) is 2. The largest absolute Gasteiger partial charge is 0.354 e. The van der Waals surface area contributed by atoms with Crippen molar-refractivity contribution in [2.24, 2.45) is 14.5 Å². The molecule has 0 atom stereocenters. The molecule has 0 aromatic rings. The molecule has 0 aromatic carbocycles. The van der Waals surface area contributed by atoms with Crippen molar-refractivity contribution in [2.45, 2.75) is 0 Å². The number of aliphatic imine (C=N–C) groups is 1. The van der Waals surface area contributed by atoms with Crippen LogP contribution in [0.5, 0.6) is 0 Å². The molecule has 0 spiro atoms. The summed E-state index contributed by atoms with van der Waals surface area (Å²) >= 11 is 7.01. The molecular weight excluding hydrogens is 258 g/mol. The first kappa shape index (κ1) is 12.2. The van der Waals surface area contributed by atoms with E-state index in [2.05, 4.69) is 26.6 Å². The minimum absolute atomic E-state index is 0.576. The summed E-state index contributed by atoms with van der Waals surface area (Å²) in [5, 5.41) is 12.1. The van der Waals surface area contributed by atoms with Crippen LogP contribution in [0.3, 0.4) is 0 Å². The zero-order chi connectivity index (χ0) is 12.3. The number of halogens is 1. The molecule has 0 unspecified atom stereocenters. The summed E-state index contributed by atoms with van der Waals surface area (Å²) < 4.78 is 4.06. The van der Waals surface area contributed by atoms with Crippen molar-refractivity contribution in [1.29, 1.82) is 0 Å². The van der Waals surface area contributed by atoms with E-state index in [4.69, 9.17) is 16.7 Å². The molecule has 0 radical (unpaired) electrons. The molecule has 1 aliphatic carbocycles. The van der Waals surface area contributed by atoms with E-state index in [0.29, 0.717) is 28.0 Å². The number of nitrogens with two attached hydrogens (primary N) is 1. The number of guanidine groups is 1. The number of nitrogens with zero attached hydrogens (tertiary/aromatic N) is 2. The molecule has 7 heteroatoms. The maximum Gasteiger partial charge on any atom is 0.195 e. The van der Waals surface area contributed by atoms with Crippen molar-refractivity contribution in [1.82, 2.24) is 10.6 Å². The summed E-state index contributed by atoms with van der Waals surface area (Å²) in [6.45, 7) is 5.54. The fourth-order valence-electron chi connectivity index (χ4n) is 1.49. The minimum Gasteiger partial charge on any atom is -0.354 e. The van der Waals surface area contributed by atoms with E-state index < -0.39 is 0 Å². The molecule has 0 amide bonds. The molecule has 0 fully saturated rings. The van der Waals surface area contributed by atoms with Gasteiger partial charge in [-0.15, -0.1) is 0 Å². The zero-order valence-electron chi connectivity index (χ0n) is 9.03. The first-order valence-electron chi connectivity index (χ1n) is 4.99. The smallest absolute Gasteiger partial charge is 0.195 e. The molecule has 0 aromatic heterocycles. The fourth-order valence-corrected chi connectivity index (χ4v) is 1.99. The Morgan fingerprint density at radius 3 is 3.06 bits per heavy atom. The SMILES string of the molecule is C=C1C(NC2=NCCN2)=C(Cl)C=C/C1=N/SN. The summed E-state index contributed by atoms with van der Waals surface area (Å²) in [5.74, 6) is 0.703. The van der Waals surface area contributed by atoms with Crippen molar-refractivity contribution in [2.75, 3.05) is 13.1 Å². The maximum atomic E-state index is 6.12. The number of hydrogen-bond donors (Lipinski definition) is 3. The van der Waals surface area contributed by atoms with Gasteiger partial charge in [-0.05, 0) is 12.2 Å². The van der Waals surface area contributed by atoms with Crippen LogP contribution in [0, 0.1) is 0 Å². The lowest BCUT2D eigenvalue weighted by molar-refractivity contribution is 0.941. The summed E-state index contributed by atoms with van der Waals surface area (Å²) in [4.78, 5) is 4.24. The highest BCUT2D eigenvalue weighted by molar-refractivity contribution is 7.95. The van der Waals surface area contributed by atoms with Gasteiger partial charge in [-0.3, -0.25) is 10.1 Å². The van der Waals surface area contributed by atoms with Crippen molar-refractivity contribution in [3.05, 3.63) is 35.0 Å².